The van der Waals surface area contributed by atoms with Gasteiger partial charge in [-0.2, -0.15) is 5.26 Å². The van der Waals surface area contributed by atoms with Gasteiger partial charge < -0.3 is 14.7 Å². The molecule has 1 heterocycles. The Morgan fingerprint density at radius 3 is 2.62 bits per heavy atom. The van der Waals surface area contributed by atoms with E-state index in [-0.39, 0.29) is 0 Å². The van der Waals surface area contributed by atoms with Gasteiger partial charge in [0.15, 0.2) is 0 Å². The number of rotatable bonds is 6. The van der Waals surface area contributed by atoms with Crippen molar-refractivity contribution in [3.63, 3.8) is 0 Å². The highest BCUT2D eigenvalue weighted by Crippen LogP contribution is 2.14. The Hall–Kier alpha value is -1.45. The number of morpholine rings is 1. The lowest BCUT2D eigenvalue weighted by Crippen LogP contribution is -2.41. The number of nitriles is 1. The smallest absolute Gasteiger partial charge is 0.0991 e. The summed E-state index contributed by atoms with van der Waals surface area (Å²) in [6, 6.07) is 9.20. The van der Waals surface area contributed by atoms with Crippen molar-refractivity contribution in [2.75, 3.05) is 53.0 Å². The number of hydrogen-bond acceptors (Lipinski definition) is 5. The molecule has 5 nitrogen and oxygen atoms in total. The van der Waals surface area contributed by atoms with Crippen molar-refractivity contribution >= 4 is 0 Å². The molecule has 21 heavy (non-hydrogen) atoms. The second-order valence-electron chi connectivity index (χ2n) is 5.47. The number of benzene rings is 1. The van der Waals surface area contributed by atoms with E-state index in [0.717, 1.165) is 45.0 Å². The van der Waals surface area contributed by atoms with Gasteiger partial charge in [0.05, 0.1) is 31.0 Å². The molecular formula is C16H23N3O2. The fourth-order valence-corrected chi connectivity index (χ4v) is 2.41. The maximum atomic E-state index is 10.2. The molecule has 1 aliphatic rings. The fraction of sp³-hybridized carbons (Fsp3) is 0.562. The molecule has 0 amide bonds. The van der Waals surface area contributed by atoms with Gasteiger partial charge >= 0.3 is 0 Å². The topological polar surface area (TPSA) is 59.7 Å². The summed E-state index contributed by atoms with van der Waals surface area (Å²) in [5.74, 6) is 0. The highest BCUT2D eigenvalue weighted by Gasteiger charge is 2.13. The number of nitrogens with zero attached hydrogens (tertiary/aromatic N) is 3. The second-order valence-corrected chi connectivity index (χ2v) is 5.47. The first-order valence-electron chi connectivity index (χ1n) is 7.36. The average Bonchev–Trinajstić information content (AvgIpc) is 2.54. The summed E-state index contributed by atoms with van der Waals surface area (Å²) in [5.41, 5.74) is 1.47. The predicted molar refractivity (Wildman–Crippen MR) is 80.9 cm³/mol. The lowest BCUT2D eigenvalue weighted by molar-refractivity contribution is 0.0320. The Bertz CT molecular complexity index is 463. The van der Waals surface area contributed by atoms with Crippen molar-refractivity contribution in [1.82, 2.24) is 9.80 Å². The molecule has 5 heteroatoms. The van der Waals surface area contributed by atoms with E-state index in [4.69, 9.17) is 10.00 Å². The van der Waals surface area contributed by atoms with Gasteiger partial charge in [-0.3, -0.25) is 4.90 Å². The van der Waals surface area contributed by atoms with Crippen molar-refractivity contribution in [1.29, 1.82) is 5.26 Å². The number of hydrogen-bond donors (Lipinski definition) is 1. The van der Waals surface area contributed by atoms with Crippen LogP contribution in [-0.4, -0.2) is 67.9 Å². The third-order valence-electron chi connectivity index (χ3n) is 3.81. The van der Waals surface area contributed by atoms with Crippen LogP contribution in [0, 0.1) is 11.3 Å². The Balaban J connectivity index is 1.75. The highest BCUT2D eigenvalue weighted by atomic mass is 16.5. The standard InChI is InChI=1S/C16H23N3O2/c1-18(6-7-19-8-10-21-11-9-19)13-16(20)15-4-2-14(12-17)3-5-15/h2-5,16,20H,6-11,13H2,1H3. The summed E-state index contributed by atoms with van der Waals surface area (Å²) in [7, 11) is 2.02. The number of aliphatic hydroxyl groups excluding tert-OH is 1. The maximum absolute atomic E-state index is 10.2. The van der Waals surface area contributed by atoms with Crippen molar-refractivity contribution in [2.24, 2.45) is 0 Å². The van der Waals surface area contributed by atoms with E-state index in [0.29, 0.717) is 12.1 Å². The van der Waals surface area contributed by atoms with E-state index in [1.54, 1.807) is 12.1 Å². The summed E-state index contributed by atoms with van der Waals surface area (Å²) in [4.78, 5) is 4.52. The van der Waals surface area contributed by atoms with E-state index in [1.165, 1.54) is 0 Å². The minimum Gasteiger partial charge on any atom is -0.387 e. The molecule has 1 aromatic rings. The monoisotopic (exact) mass is 289 g/mol. The molecule has 1 atom stereocenters. The molecule has 1 aliphatic heterocycles. The molecule has 0 spiro atoms. The van der Waals surface area contributed by atoms with Crippen LogP contribution in [0.3, 0.4) is 0 Å². The first kappa shape index (κ1) is 15.9. The van der Waals surface area contributed by atoms with Gasteiger partial charge in [0.2, 0.25) is 0 Å². The first-order valence-corrected chi connectivity index (χ1v) is 7.36. The Morgan fingerprint density at radius 2 is 2.00 bits per heavy atom. The van der Waals surface area contributed by atoms with E-state index in [2.05, 4.69) is 15.9 Å². The molecule has 1 fully saturated rings. The maximum Gasteiger partial charge on any atom is 0.0991 e. The van der Waals surface area contributed by atoms with Gasteiger partial charge in [-0.15, -0.1) is 0 Å². The van der Waals surface area contributed by atoms with Crippen LogP contribution in [-0.2, 0) is 4.74 Å². The zero-order chi connectivity index (χ0) is 15.1. The van der Waals surface area contributed by atoms with Crippen LogP contribution in [0.15, 0.2) is 24.3 Å². The highest BCUT2D eigenvalue weighted by molar-refractivity contribution is 5.32. The molecule has 0 bridgehead atoms. The van der Waals surface area contributed by atoms with Crippen LogP contribution in [0.25, 0.3) is 0 Å². The summed E-state index contributed by atoms with van der Waals surface area (Å²) < 4.78 is 5.33. The number of likely N-dealkylation sites (N-methyl/N-ethyl adjacent to an activating group) is 1. The summed E-state index contributed by atoms with van der Waals surface area (Å²) in [5, 5.41) is 19.0. The molecule has 114 valence electrons. The van der Waals surface area contributed by atoms with Gasteiger partial charge in [0.1, 0.15) is 0 Å². The third kappa shape index (κ3) is 5.10. The molecule has 0 radical (unpaired) electrons. The van der Waals surface area contributed by atoms with Crippen LogP contribution in [0.5, 0.6) is 0 Å². The molecule has 1 unspecified atom stereocenters. The third-order valence-corrected chi connectivity index (χ3v) is 3.81. The molecule has 1 N–H and O–H groups in total. The van der Waals surface area contributed by atoms with Gasteiger partial charge in [-0.05, 0) is 24.7 Å². The van der Waals surface area contributed by atoms with Crippen LogP contribution in [0.4, 0.5) is 0 Å². The molecule has 1 saturated heterocycles. The van der Waals surface area contributed by atoms with E-state index in [1.807, 2.05) is 19.2 Å². The predicted octanol–water partition coefficient (Wildman–Crippen LogP) is 0.856. The first-order chi connectivity index (χ1) is 10.2. The number of aliphatic hydroxyl groups is 1. The second kappa shape index (κ2) is 8.11. The summed E-state index contributed by atoms with van der Waals surface area (Å²) >= 11 is 0. The molecule has 2 rings (SSSR count). The molecule has 1 aromatic carbocycles. The van der Waals surface area contributed by atoms with E-state index < -0.39 is 6.10 Å². The van der Waals surface area contributed by atoms with Crippen LogP contribution >= 0.6 is 0 Å². The quantitative estimate of drug-likeness (QED) is 0.841. The zero-order valence-electron chi connectivity index (χ0n) is 12.5. The largest absolute Gasteiger partial charge is 0.387 e. The van der Waals surface area contributed by atoms with E-state index >= 15 is 0 Å². The zero-order valence-corrected chi connectivity index (χ0v) is 12.5. The molecule has 0 aromatic heterocycles. The van der Waals surface area contributed by atoms with Crippen LogP contribution in [0.1, 0.15) is 17.2 Å². The molecule has 0 saturated carbocycles. The van der Waals surface area contributed by atoms with Crippen LogP contribution < -0.4 is 0 Å². The van der Waals surface area contributed by atoms with Gasteiger partial charge in [-0.25, -0.2) is 0 Å². The van der Waals surface area contributed by atoms with Gasteiger partial charge in [0.25, 0.3) is 0 Å². The lowest BCUT2D eigenvalue weighted by Gasteiger charge is -2.29. The minimum absolute atomic E-state index is 0.521. The van der Waals surface area contributed by atoms with Crippen molar-refractivity contribution in [3.05, 3.63) is 35.4 Å². The Morgan fingerprint density at radius 1 is 1.33 bits per heavy atom. The van der Waals surface area contributed by atoms with E-state index in [9.17, 15) is 5.11 Å². The van der Waals surface area contributed by atoms with Crippen LogP contribution in [0.2, 0.25) is 0 Å². The van der Waals surface area contributed by atoms with Crippen molar-refractivity contribution < 1.29 is 9.84 Å². The normalized spacial score (nSPS) is 17.6. The SMILES string of the molecule is CN(CCN1CCOCC1)CC(O)c1ccc(C#N)cc1. The fourth-order valence-electron chi connectivity index (χ4n) is 2.41. The average molecular weight is 289 g/mol. The lowest BCUT2D eigenvalue weighted by atomic mass is 10.1. The molecule has 0 aliphatic carbocycles. The Labute approximate surface area is 126 Å². The van der Waals surface area contributed by atoms with Crippen molar-refractivity contribution in [3.8, 4) is 6.07 Å². The van der Waals surface area contributed by atoms with Gasteiger partial charge in [0, 0.05) is 32.7 Å². The number of ether oxygens (including phenoxy) is 1. The molecular weight excluding hydrogens is 266 g/mol. The summed E-state index contributed by atoms with van der Waals surface area (Å²) in [6.07, 6.45) is -0.521. The Kier molecular flexibility index (Phi) is 6.15. The van der Waals surface area contributed by atoms with Crippen molar-refractivity contribution in [2.45, 2.75) is 6.10 Å². The summed E-state index contributed by atoms with van der Waals surface area (Å²) in [6.45, 7) is 6.14. The van der Waals surface area contributed by atoms with Gasteiger partial charge in [-0.1, -0.05) is 12.1 Å². The minimum atomic E-state index is -0.521.